The van der Waals surface area contributed by atoms with E-state index in [0.717, 1.165) is 0 Å². The van der Waals surface area contributed by atoms with Crippen LogP contribution in [0.2, 0.25) is 0 Å². The SMILES string of the molecule is C=C/C=C(\C=C/C)S(=O)(=O)NC(=C)N=C/C(=C\C)C(=C)NC(C)(C)CO. The van der Waals surface area contributed by atoms with Gasteiger partial charge in [-0.3, -0.25) is 4.72 Å². The third kappa shape index (κ3) is 8.13. The summed E-state index contributed by atoms with van der Waals surface area (Å²) in [7, 11) is -3.80. The Bertz CT molecular complexity index is 755. The Morgan fingerprint density at radius 1 is 1.27 bits per heavy atom. The lowest BCUT2D eigenvalue weighted by Gasteiger charge is -2.26. The zero-order valence-electron chi connectivity index (χ0n) is 15.9. The molecule has 0 unspecified atom stereocenters. The van der Waals surface area contributed by atoms with Crippen LogP contribution in [0.4, 0.5) is 0 Å². The molecule has 0 spiro atoms. The van der Waals surface area contributed by atoms with Gasteiger partial charge in [0.1, 0.15) is 5.82 Å². The summed E-state index contributed by atoms with van der Waals surface area (Å²) in [5.41, 5.74) is 0.642. The predicted octanol–water partition coefficient (Wildman–Crippen LogP) is 2.91. The molecule has 26 heavy (non-hydrogen) atoms. The van der Waals surface area contributed by atoms with E-state index in [1.54, 1.807) is 26.0 Å². The van der Waals surface area contributed by atoms with E-state index in [-0.39, 0.29) is 17.3 Å². The molecule has 0 rings (SSSR count). The number of nitrogens with one attached hydrogen (secondary N) is 2. The Morgan fingerprint density at radius 3 is 2.35 bits per heavy atom. The molecule has 3 N–H and O–H groups in total. The summed E-state index contributed by atoms with van der Waals surface area (Å²) in [6, 6.07) is 0. The first-order valence-corrected chi connectivity index (χ1v) is 9.47. The highest BCUT2D eigenvalue weighted by atomic mass is 32.2. The number of hydrogen-bond acceptors (Lipinski definition) is 5. The van der Waals surface area contributed by atoms with Crippen molar-refractivity contribution >= 4 is 16.2 Å². The van der Waals surface area contributed by atoms with Crippen molar-refractivity contribution in [3.05, 3.63) is 72.1 Å². The highest BCUT2D eigenvalue weighted by Gasteiger charge is 2.17. The second-order valence-corrected chi connectivity index (χ2v) is 7.69. The monoisotopic (exact) mass is 379 g/mol. The van der Waals surface area contributed by atoms with Crippen LogP contribution >= 0.6 is 0 Å². The smallest absolute Gasteiger partial charge is 0.263 e. The van der Waals surface area contributed by atoms with E-state index in [2.05, 4.69) is 34.8 Å². The molecule has 6 nitrogen and oxygen atoms in total. The second kappa shape index (κ2) is 10.6. The van der Waals surface area contributed by atoms with Crippen LogP contribution < -0.4 is 10.0 Å². The summed E-state index contributed by atoms with van der Waals surface area (Å²) >= 11 is 0. The minimum atomic E-state index is -3.80. The molecule has 0 atom stereocenters. The van der Waals surface area contributed by atoms with Gasteiger partial charge in [0.05, 0.1) is 17.1 Å². The summed E-state index contributed by atoms with van der Waals surface area (Å²) in [5, 5.41) is 12.4. The Kier molecular flexibility index (Phi) is 9.61. The lowest BCUT2D eigenvalue weighted by atomic mass is 10.1. The predicted molar refractivity (Wildman–Crippen MR) is 110 cm³/mol. The molecular formula is C19H29N3O3S. The number of aliphatic hydroxyl groups excluding tert-OH is 1. The third-order valence-corrected chi connectivity index (χ3v) is 4.48. The number of aliphatic hydroxyl groups is 1. The van der Waals surface area contributed by atoms with Crippen molar-refractivity contribution in [3.8, 4) is 0 Å². The first-order valence-electron chi connectivity index (χ1n) is 7.98. The minimum Gasteiger partial charge on any atom is -0.394 e. The Balaban J connectivity index is 5.23. The fraction of sp³-hybridized carbons (Fsp3) is 0.316. The fourth-order valence-corrected chi connectivity index (χ4v) is 2.82. The van der Waals surface area contributed by atoms with E-state index in [0.29, 0.717) is 11.3 Å². The third-order valence-electron chi connectivity index (χ3n) is 3.08. The number of hydrogen-bond donors (Lipinski definition) is 3. The molecule has 0 aliphatic rings. The van der Waals surface area contributed by atoms with Gasteiger partial charge in [0.2, 0.25) is 0 Å². The van der Waals surface area contributed by atoms with Crippen molar-refractivity contribution in [1.82, 2.24) is 10.0 Å². The molecule has 0 radical (unpaired) electrons. The van der Waals surface area contributed by atoms with Gasteiger partial charge >= 0.3 is 0 Å². The van der Waals surface area contributed by atoms with Gasteiger partial charge in [-0.1, -0.05) is 38.0 Å². The van der Waals surface area contributed by atoms with Gasteiger partial charge in [0, 0.05) is 17.5 Å². The summed E-state index contributed by atoms with van der Waals surface area (Å²) in [6.07, 6.45) is 9.02. The number of nitrogens with zero attached hydrogens (tertiary/aromatic N) is 1. The van der Waals surface area contributed by atoms with Crippen LogP contribution in [0.1, 0.15) is 27.7 Å². The Labute approximate surface area is 157 Å². The first kappa shape index (κ1) is 23.6. The highest BCUT2D eigenvalue weighted by Crippen LogP contribution is 2.11. The van der Waals surface area contributed by atoms with Crippen molar-refractivity contribution in [3.63, 3.8) is 0 Å². The summed E-state index contributed by atoms with van der Waals surface area (Å²) in [6.45, 7) is 18.1. The number of allylic oxidation sites excluding steroid dienone is 6. The van der Waals surface area contributed by atoms with E-state index < -0.39 is 15.6 Å². The number of aliphatic imine (C=N–C) groups is 1. The molecular weight excluding hydrogens is 350 g/mol. The topological polar surface area (TPSA) is 90.8 Å². The van der Waals surface area contributed by atoms with Gasteiger partial charge in [0.25, 0.3) is 10.0 Å². The zero-order valence-corrected chi connectivity index (χ0v) is 16.7. The fourth-order valence-electron chi connectivity index (χ4n) is 1.75. The molecule has 0 aromatic carbocycles. The van der Waals surface area contributed by atoms with Crippen molar-refractivity contribution in [1.29, 1.82) is 0 Å². The molecule has 7 heteroatoms. The molecule has 0 aromatic heterocycles. The van der Waals surface area contributed by atoms with Crippen LogP contribution in [0.5, 0.6) is 0 Å². The molecule has 0 aromatic rings. The molecule has 0 heterocycles. The lowest BCUT2D eigenvalue weighted by molar-refractivity contribution is 0.199. The van der Waals surface area contributed by atoms with Gasteiger partial charge in [-0.05, 0) is 39.8 Å². The van der Waals surface area contributed by atoms with Crippen LogP contribution in [-0.2, 0) is 10.0 Å². The maximum atomic E-state index is 12.3. The normalized spacial score (nSPS) is 13.9. The molecule has 0 amide bonds. The summed E-state index contributed by atoms with van der Waals surface area (Å²) in [5.74, 6) is -0.0435. The van der Waals surface area contributed by atoms with Crippen molar-refractivity contribution < 1.29 is 13.5 Å². The quantitative estimate of drug-likeness (QED) is 0.380. The van der Waals surface area contributed by atoms with E-state index in [4.69, 9.17) is 0 Å². The van der Waals surface area contributed by atoms with Gasteiger partial charge < -0.3 is 10.4 Å². The largest absolute Gasteiger partial charge is 0.394 e. The van der Waals surface area contributed by atoms with E-state index in [9.17, 15) is 13.5 Å². The summed E-state index contributed by atoms with van der Waals surface area (Å²) < 4.78 is 26.9. The van der Waals surface area contributed by atoms with Gasteiger partial charge in [-0.2, -0.15) is 0 Å². The molecule has 0 aliphatic carbocycles. The first-order chi connectivity index (χ1) is 12.0. The Hall–Kier alpha value is -2.38. The van der Waals surface area contributed by atoms with Gasteiger partial charge in [-0.25, -0.2) is 13.4 Å². The van der Waals surface area contributed by atoms with Gasteiger partial charge in [0.15, 0.2) is 0 Å². The van der Waals surface area contributed by atoms with E-state index >= 15 is 0 Å². The van der Waals surface area contributed by atoms with E-state index in [1.807, 2.05) is 13.8 Å². The molecule has 0 saturated carbocycles. The van der Waals surface area contributed by atoms with Crippen LogP contribution in [0.25, 0.3) is 0 Å². The molecule has 0 aliphatic heterocycles. The maximum Gasteiger partial charge on any atom is 0.263 e. The van der Waals surface area contributed by atoms with Crippen LogP contribution in [0.15, 0.2) is 77.1 Å². The highest BCUT2D eigenvalue weighted by molar-refractivity contribution is 7.93. The van der Waals surface area contributed by atoms with Crippen LogP contribution in [0.3, 0.4) is 0 Å². The molecule has 0 bridgehead atoms. The maximum absolute atomic E-state index is 12.3. The van der Waals surface area contributed by atoms with Crippen molar-refractivity contribution in [2.45, 2.75) is 33.2 Å². The standard InChI is InChI=1S/C19H29N3O3S/c1-8-11-18(12-9-2)26(24,25)22-16(5)20-13-17(10-3)15(4)21-19(6,7)14-23/h8-13,21-23H,1,4-5,14H2,2-3,6-7H3/b12-9-,17-10+,18-11+,20-13?. The Morgan fingerprint density at radius 2 is 1.88 bits per heavy atom. The average molecular weight is 380 g/mol. The zero-order chi connectivity index (χ0) is 20.4. The molecule has 0 fully saturated rings. The van der Waals surface area contributed by atoms with Crippen LogP contribution in [-0.4, -0.2) is 31.9 Å². The number of rotatable bonds is 11. The van der Waals surface area contributed by atoms with Crippen molar-refractivity contribution in [2.24, 2.45) is 4.99 Å². The second-order valence-electron chi connectivity index (χ2n) is 6.00. The lowest BCUT2D eigenvalue weighted by Crippen LogP contribution is -2.42. The average Bonchev–Trinajstić information content (AvgIpc) is 2.54. The number of sulfonamides is 1. The van der Waals surface area contributed by atoms with Gasteiger partial charge in [-0.15, -0.1) is 0 Å². The molecule has 0 saturated heterocycles. The minimum absolute atomic E-state index is 0.0435. The molecule has 144 valence electrons. The van der Waals surface area contributed by atoms with Crippen LogP contribution in [0, 0.1) is 0 Å². The van der Waals surface area contributed by atoms with E-state index in [1.165, 1.54) is 24.4 Å². The van der Waals surface area contributed by atoms with Crippen molar-refractivity contribution in [2.75, 3.05) is 6.61 Å². The summed E-state index contributed by atoms with van der Waals surface area (Å²) in [4.78, 5) is 4.09.